The summed E-state index contributed by atoms with van der Waals surface area (Å²) in [5.74, 6) is 2.84. The van der Waals surface area contributed by atoms with Gasteiger partial charge in [-0.3, -0.25) is 4.79 Å². The minimum Gasteiger partial charge on any atom is -0.493 e. The van der Waals surface area contributed by atoms with Crippen molar-refractivity contribution in [3.63, 3.8) is 0 Å². The van der Waals surface area contributed by atoms with Gasteiger partial charge in [0.25, 0.3) is 0 Å². The first-order valence-corrected chi connectivity index (χ1v) is 10.4. The molecule has 0 unspecified atom stereocenters. The van der Waals surface area contributed by atoms with Gasteiger partial charge >= 0.3 is 0 Å². The fourth-order valence-electron chi connectivity index (χ4n) is 3.88. The SMILES string of the molecule is CCCCC(=O)N1CCc2cc(OC)c(OC)cc2[C@@H]1COc1ccccc1OC. The van der Waals surface area contributed by atoms with Gasteiger partial charge in [-0.2, -0.15) is 0 Å². The van der Waals surface area contributed by atoms with Gasteiger partial charge in [-0.1, -0.05) is 25.5 Å². The van der Waals surface area contributed by atoms with Crippen LogP contribution in [0.5, 0.6) is 23.0 Å². The van der Waals surface area contributed by atoms with E-state index in [1.165, 1.54) is 0 Å². The molecule has 6 nitrogen and oxygen atoms in total. The molecular weight excluding hydrogens is 382 g/mol. The van der Waals surface area contributed by atoms with Gasteiger partial charge in [-0.05, 0) is 48.2 Å². The Morgan fingerprint density at radius 1 is 1.00 bits per heavy atom. The highest BCUT2D eigenvalue weighted by molar-refractivity contribution is 5.77. The van der Waals surface area contributed by atoms with E-state index in [0.29, 0.717) is 42.6 Å². The molecule has 0 saturated heterocycles. The van der Waals surface area contributed by atoms with Crippen molar-refractivity contribution in [1.82, 2.24) is 4.90 Å². The zero-order valence-corrected chi connectivity index (χ0v) is 18.3. The van der Waals surface area contributed by atoms with Crippen LogP contribution < -0.4 is 18.9 Å². The molecule has 1 amide bonds. The molecule has 0 fully saturated rings. The Morgan fingerprint density at radius 3 is 2.33 bits per heavy atom. The second-order valence-electron chi connectivity index (χ2n) is 7.32. The van der Waals surface area contributed by atoms with Crippen LogP contribution in [0.4, 0.5) is 0 Å². The fraction of sp³-hybridized carbons (Fsp3) is 0.458. The zero-order valence-electron chi connectivity index (χ0n) is 18.3. The number of ether oxygens (including phenoxy) is 4. The maximum Gasteiger partial charge on any atom is 0.223 e. The van der Waals surface area contributed by atoms with E-state index in [1.54, 1.807) is 21.3 Å². The van der Waals surface area contributed by atoms with Crippen LogP contribution in [0.15, 0.2) is 36.4 Å². The van der Waals surface area contributed by atoms with Crippen LogP contribution in [0, 0.1) is 0 Å². The van der Waals surface area contributed by atoms with Crippen molar-refractivity contribution in [2.75, 3.05) is 34.5 Å². The van der Waals surface area contributed by atoms with E-state index in [2.05, 4.69) is 6.92 Å². The molecule has 0 aliphatic carbocycles. The highest BCUT2D eigenvalue weighted by atomic mass is 16.5. The molecule has 2 aromatic carbocycles. The van der Waals surface area contributed by atoms with Gasteiger partial charge in [-0.25, -0.2) is 0 Å². The molecule has 162 valence electrons. The van der Waals surface area contributed by atoms with E-state index < -0.39 is 0 Å². The average Bonchev–Trinajstić information content (AvgIpc) is 2.79. The summed E-state index contributed by atoms with van der Waals surface area (Å²) in [5.41, 5.74) is 2.19. The lowest BCUT2D eigenvalue weighted by Crippen LogP contribution is -2.42. The Morgan fingerprint density at radius 2 is 1.67 bits per heavy atom. The van der Waals surface area contributed by atoms with Crippen LogP contribution in [0.25, 0.3) is 0 Å². The molecule has 0 radical (unpaired) electrons. The number of unbranched alkanes of at least 4 members (excludes halogenated alkanes) is 1. The summed E-state index contributed by atoms with van der Waals surface area (Å²) < 4.78 is 22.5. The number of benzene rings is 2. The predicted molar refractivity (Wildman–Crippen MR) is 116 cm³/mol. The number of hydrogen-bond acceptors (Lipinski definition) is 5. The van der Waals surface area contributed by atoms with Crippen LogP contribution in [0.2, 0.25) is 0 Å². The van der Waals surface area contributed by atoms with E-state index in [0.717, 1.165) is 30.4 Å². The van der Waals surface area contributed by atoms with Crippen molar-refractivity contribution in [3.8, 4) is 23.0 Å². The van der Waals surface area contributed by atoms with E-state index in [-0.39, 0.29) is 11.9 Å². The number of carbonyl (C=O) groups is 1. The summed E-state index contributed by atoms with van der Waals surface area (Å²) in [6, 6.07) is 11.3. The van der Waals surface area contributed by atoms with Crippen molar-refractivity contribution in [2.24, 2.45) is 0 Å². The van der Waals surface area contributed by atoms with Crippen LogP contribution >= 0.6 is 0 Å². The number of amides is 1. The second kappa shape index (κ2) is 10.2. The topological polar surface area (TPSA) is 57.2 Å². The Labute approximate surface area is 178 Å². The third-order valence-corrected chi connectivity index (χ3v) is 5.53. The van der Waals surface area contributed by atoms with Crippen molar-refractivity contribution in [2.45, 2.75) is 38.6 Å². The Balaban J connectivity index is 1.93. The second-order valence-corrected chi connectivity index (χ2v) is 7.32. The summed E-state index contributed by atoms with van der Waals surface area (Å²) in [5, 5.41) is 0. The number of rotatable bonds is 9. The summed E-state index contributed by atoms with van der Waals surface area (Å²) in [6.07, 6.45) is 3.20. The third-order valence-electron chi connectivity index (χ3n) is 5.53. The molecule has 3 rings (SSSR count). The Kier molecular flexibility index (Phi) is 7.44. The van der Waals surface area contributed by atoms with E-state index in [9.17, 15) is 4.79 Å². The minimum atomic E-state index is -0.206. The molecule has 0 spiro atoms. The standard InChI is InChI=1S/C24H31NO5/c1-5-6-11-24(26)25-13-12-17-14-22(28-3)23(29-4)15-18(17)19(25)16-30-21-10-8-7-9-20(21)27-2/h7-10,14-15,19H,5-6,11-13,16H2,1-4H3/t19-/m0/s1. The molecule has 0 N–H and O–H groups in total. The molecule has 30 heavy (non-hydrogen) atoms. The average molecular weight is 414 g/mol. The quantitative estimate of drug-likeness (QED) is 0.610. The number of hydrogen-bond donors (Lipinski definition) is 0. The molecule has 6 heteroatoms. The zero-order chi connectivity index (χ0) is 21.5. The van der Waals surface area contributed by atoms with Gasteiger partial charge in [0.2, 0.25) is 5.91 Å². The Hall–Kier alpha value is -2.89. The van der Waals surface area contributed by atoms with E-state index in [4.69, 9.17) is 18.9 Å². The summed E-state index contributed by atoms with van der Waals surface area (Å²) in [4.78, 5) is 14.9. The molecule has 1 aliphatic heterocycles. The molecule has 2 aromatic rings. The van der Waals surface area contributed by atoms with E-state index in [1.807, 2.05) is 41.3 Å². The highest BCUT2D eigenvalue weighted by Crippen LogP contribution is 2.39. The van der Waals surface area contributed by atoms with Crippen molar-refractivity contribution in [3.05, 3.63) is 47.5 Å². The van der Waals surface area contributed by atoms with Gasteiger partial charge in [0.15, 0.2) is 23.0 Å². The van der Waals surface area contributed by atoms with Crippen LogP contribution in [-0.2, 0) is 11.2 Å². The monoisotopic (exact) mass is 413 g/mol. The van der Waals surface area contributed by atoms with Gasteiger partial charge < -0.3 is 23.8 Å². The molecule has 1 aliphatic rings. The predicted octanol–water partition coefficient (Wildman–Crippen LogP) is 4.41. The van der Waals surface area contributed by atoms with Gasteiger partial charge in [0.05, 0.1) is 27.4 Å². The highest BCUT2D eigenvalue weighted by Gasteiger charge is 2.32. The Bertz CT molecular complexity index is 867. The first kappa shape index (κ1) is 21.8. The van der Waals surface area contributed by atoms with Gasteiger partial charge in [0.1, 0.15) is 6.61 Å². The molecule has 1 heterocycles. The molecule has 1 atom stereocenters. The van der Waals surface area contributed by atoms with Crippen molar-refractivity contribution < 1.29 is 23.7 Å². The lowest BCUT2D eigenvalue weighted by Gasteiger charge is -2.37. The van der Waals surface area contributed by atoms with Crippen LogP contribution in [-0.4, -0.2) is 45.3 Å². The molecular formula is C24H31NO5. The first-order chi connectivity index (χ1) is 14.6. The van der Waals surface area contributed by atoms with Crippen molar-refractivity contribution >= 4 is 5.91 Å². The number of nitrogens with zero attached hydrogens (tertiary/aromatic N) is 1. The molecule has 0 aromatic heterocycles. The van der Waals surface area contributed by atoms with Gasteiger partial charge in [0, 0.05) is 13.0 Å². The van der Waals surface area contributed by atoms with E-state index >= 15 is 0 Å². The van der Waals surface area contributed by atoms with Gasteiger partial charge in [-0.15, -0.1) is 0 Å². The van der Waals surface area contributed by atoms with Crippen LogP contribution in [0.3, 0.4) is 0 Å². The minimum absolute atomic E-state index is 0.158. The normalized spacial score (nSPS) is 15.3. The lowest BCUT2D eigenvalue weighted by molar-refractivity contribution is -0.135. The lowest BCUT2D eigenvalue weighted by atomic mass is 9.91. The smallest absolute Gasteiger partial charge is 0.223 e. The first-order valence-electron chi connectivity index (χ1n) is 10.4. The fourth-order valence-corrected chi connectivity index (χ4v) is 3.88. The summed E-state index contributed by atoms with van der Waals surface area (Å²) in [7, 11) is 4.88. The number of para-hydroxylation sites is 2. The number of carbonyl (C=O) groups excluding carboxylic acids is 1. The van der Waals surface area contributed by atoms with Crippen LogP contribution in [0.1, 0.15) is 43.4 Å². The summed E-state index contributed by atoms with van der Waals surface area (Å²) in [6.45, 7) is 3.09. The number of methoxy groups -OCH3 is 3. The largest absolute Gasteiger partial charge is 0.493 e. The van der Waals surface area contributed by atoms with Crippen molar-refractivity contribution in [1.29, 1.82) is 0 Å². The molecule has 0 saturated carbocycles. The maximum absolute atomic E-state index is 13.0. The maximum atomic E-state index is 13.0. The third kappa shape index (κ3) is 4.64. The summed E-state index contributed by atoms with van der Waals surface area (Å²) >= 11 is 0. The molecule has 0 bridgehead atoms. The number of fused-ring (bicyclic) bond motifs is 1.